The maximum absolute atomic E-state index is 5.85. The molecule has 2 aliphatic carbocycles. The maximum Gasteiger partial charge on any atom is 0.0790 e. The van der Waals surface area contributed by atoms with Crippen LogP contribution in [0.4, 0.5) is 0 Å². The fraction of sp³-hybridized carbons (Fsp3) is 1.00. The zero-order chi connectivity index (χ0) is 9.80. The minimum absolute atomic E-state index is 0.430. The Morgan fingerprint density at radius 1 is 0.929 bits per heavy atom. The van der Waals surface area contributed by atoms with Gasteiger partial charge < -0.3 is 5.73 Å². The lowest BCUT2D eigenvalue weighted by molar-refractivity contribution is -0.0466. The first kappa shape index (κ1) is 10.4. The van der Waals surface area contributed by atoms with Gasteiger partial charge >= 0.3 is 0 Å². The Labute approximate surface area is 86.3 Å². The summed E-state index contributed by atoms with van der Waals surface area (Å²) in [6, 6.07) is 0.981. The Bertz CT molecular complexity index is 161. The fourth-order valence-corrected chi connectivity index (χ4v) is 2.44. The monoisotopic (exact) mass is 198 g/mol. The van der Waals surface area contributed by atoms with Crippen LogP contribution >= 0.6 is 0 Å². The molecule has 0 aromatic rings. The van der Waals surface area contributed by atoms with Crippen LogP contribution in [0, 0.1) is 0 Å². The van der Waals surface area contributed by atoms with Gasteiger partial charge in [-0.05, 0) is 38.5 Å². The van der Waals surface area contributed by atoms with Crippen LogP contribution in [-0.2, 0) is 4.84 Å². The SMILES string of the molecule is NC1CCC(NOC2CCCC2)CC1. The number of hydrogen-bond acceptors (Lipinski definition) is 3. The first-order valence-electron chi connectivity index (χ1n) is 6.01. The smallest absolute Gasteiger partial charge is 0.0790 e. The zero-order valence-electron chi connectivity index (χ0n) is 8.87. The van der Waals surface area contributed by atoms with Gasteiger partial charge in [0.1, 0.15) is 0 Å². The Balaban J connectivity index is 1.60. The van der Waals surface area contributed by atoms with Gasteiger partial charge in [0, 0.05) is 12.1 Å². The molecule has 0 saturated heterocycles. The van der Waals surface area contributed by atoms with E-state index < -0.39 is 0 Å². The van der Waals surface area contributed by atoms with E-state index >= 15 is 0 Å². The molecule has 0 unspecified atom stereocenters. The Morgan fingerprint density at radius 3 is 2.21 bits per heavy atom. The van der Waals surface area contributed by atoms with E-state index in [1.54, 1.807) is 0 Å². The van der Waals surface area contributed by atoms with E-state index in [1.807, 2.05) is 0 Å². The molecular weight excluding hydrogens is 176 g/mol. The molecular formula is C11H22N2O. The molecule has 3 nitrogen and oxygen atoms in total. The molecule has 3 N–H and O–H groups in total. The highest BCUT2D eigenvalue weighted by atomic mass is 16.7. The molecule has 2 fully saturated rings. The summed E-state index contributed by atoms with van der Waals surface area (Å²) in [6.45, 7) is 0. The van der Waals surface area contributed by atoms with Gasteiger partial charge in [0.05, 0.1) is 6.10 Å². The van der Waals surface area contributed by atoms with Crippen molar-refractivity contribution in [3.05, 3.63) is 0 Å². The van der Waals surface area contributed by atoms with Crippen LogP contribution in [0.5, 0.6) is 0 Å². The van der Waals surface area contributed by atoms with E-state index in [0.29, 0.717) is 18.2 Å². The van der Waals surface area contributed by atoms with Gasteiger partial charge in [0.15, 0.2) is 0 Å². The Kier molecular flexibility index (Phi) is 3.79. The van der Waals surface area contributed by atoms with Gasteiger partial charge in [-0.3, -0.25) is 4.84 Å². The van der Waals surface area contributed by atoms with E-state index in [0.717, 1.165) is 12.8 Å². The van der Waals surface area contributed by atoms with E-state index in [2.05, 4.69) is 5.48 Å². The number of nitrogens with one attached hydrogen (secondary N) is 1. The van der Waals surface area contributed by atoms with E-state index in [-0.39, 0.29) is 0 Å². The average molecular weight is 198 g/mol. The third-order valence-corrected chi connectivity index (χ3v) is 3.48. The molecule has 0 atom stereocenters. The highest BCUT2D eigenvalue weighted by Crippen LogP contribution is 2.22. The summed E-state index contributed by atoms with van der Waals surface area (Å²) in [5.41, 5.74) is 9.08. The van der Waals surface area contributed by atoms with Crippen molar-refractivity contribution in [1.29, 1.82) is 0 Å². The van der Waals surface area contributed by atoms with Crippen LogP contribution in [0.3, 0.4) is 0 Å². The van der Waals surface area contributed by atoms with Crippen LogP contribution in [0.2, 0.25) is 0 Å². The average Bonchev–Trinajstić information content (AvgIpc) is 2.70. The molecule has 14 heavy (non-hydrogen) atoms. The molecule has 2 saturated carbocycles. The van der Waals surface area contributed by atoms with Crippen molar-refractivity contribution in [3.8, 4) is 0 Å². The third kappa shape index (κ3) is 2.94. The molecule has 3 heteroatoms. The van der Waals surface area contributed by atoms with Crippen molar-refractivity contribution >= 4 is 0 Å². The number of rotatable bonds is 3. The second-order valence-electron chi connectivity index (χ2n) is 4.75. The highest BCUT2D eigenvalue weighted by Gasteiger charge is 2.21. The molecule has 0 radical (unpaired) electrons. The van der Waals surface area contributed by atoms with Crippen molar-refractivity contribution < 1.29 is 4.84 Å². The third-order valence-electron chi connectivity index (χ3n) is 3.48. The molecule has 2 aliphatic rings. The van der Waals surface area contributed by atoms with Crippen LogP contribution in [0.25, 0.3) is 0 Å². The van der Waals surface area contributed by atoms with Crippen LogP contribution < -0.4 is 11.2 Å². The molecule has 0 aliphatic heterocycles. The minimum atomic E-state index is 0.430. The number of nitrogens with two attached hydrogens (primary N) is 1. The molecule has 0 spiro atoms. The van der Waals surface area contributed by atoms with E-state index in [1.165, 1.54) is 38.5 Å². The lowest BCUT2D eigenvalue weighted by Gasteiger charge is -2.27. The van der Waals surface area contributed by atoms with Gasteiger partial charge in [-0.25, -0.2) is 0 Å². The fourth-order valence-electron chi connectivity index (χ4n) is 2.44. The molecule has 82 valence electrons. The van der Waals surface area contributed by atoms with Crippen molar-refractivity contribution in [3.63, 3.8) is 0 Å². The van der Waals surface area contributed by atoms with Gasteiger partial charge in [-0.2, -0.15) is 5.48 Å². The Hall–Kier alpha value is -0.120. The predicted molar refractivity (Wildman–Crippen MR) is 56.7 cm³/mol. The summed E-state index contributed by atoms with van der Waals surface area (Å²) in [7, 11) is 0. The zero-order valence-corrected chi connectivity index (χ0v) is 8.87. The standard InChI is InChI=1S/C11H22N2O/c12-9-5-7-10(8-6-9)13-14-11-3-1-2-4-11/h9-11,13H,1-8,12H2. The normalized spacial score (nSPS) is 34.9. The molecule has 2 rings (SSSR count). The summed E-state index contributed by atoms with van der Waals surface area (Å²) < 4.78 is 0. The first-order chi connectivity index (χ1) is 6.84. The number of hydrogen-bond donors (Lipinski definition) is 2. The van der Waals surface area contributed by atoms with E-state index in [9.17, 15) is 0 Å². The topological polar surface area (TPSA) is 47.3 Å². The van der Waals surface area contributed by atoms with Gasteiger partial charge in [-0.15, -0.1) is 0 Å². The van der Waals surface area contributed by atoms with E-state index in [4.69, 9.17) is 10.6 Å². The van der Waals surface area contributed by atoms with Crippen molar-refractivity contribution in [2.45, 2.75) is 69.6 Å². The van der Waals surface area contributed by atoms with Crippen molar-refractivity contribution in [1.82, 2.24) is 5.48 Å². The van der Waals surface area contributed by atoms with Crippen LogP contribution in [-0.4, -0.2) is 18.2 Å². The predicted octanol–water partition coefficient (Wildman–Crippen LogP) is 1.72. The first-order valence-corrected chi connectivity index (χ1v) is 6.01. The number of hydroxylamine groups is 1. The lowest BCUT2D eigenvalue weighted by Crippen LogP contribution is -2.38. The Morgan fingerprint density at radius 2 is 1.57 bits per heavy atom. The largest absolute Gasteiger partial charge is 0.328 e. The van der Waals surface area contributed by atoms with Gasteiger partial charge in [0.25, 0.3) is 0 Å². The second-order valence-corrected chi connectivity index (χ2v) is 4.75. The summed E-state index contributed by atoms with van der Waals surface area (Å²) >= 11 is 0. The summed E-state index contributed by atoms with van der Waals surface area (Å²) in [6.07, 6.45) is 10.3. The molecule has 0 heterocycles. The molecule has 0 aromatic heterocycles. The molecule has 0 bridgehead atoms. The summed E-state index contributed by atoms with van der Waals surface area (Å²) in [5, 5.41) is 0. The van der Waals surface area contributed by atoms with Gasteiger partial charge in [-0.1, -0.05) is 12.8 Å². The minimum Gasteiger partial charge on any atom is -0.328 e. The summed E-state index contributed by atoms with van der Waals surface area (Å²) in [5.74, 6) is 0. The quantitative estimate of drug-likeness (QED) is 0.679. The lowest BCUT2D eigenvalue weighted by atomic mass is 9.92. The van der Waals surface area contributed by atoms with Crippen molar-refractivity contribution in [2.24, 2.45) is 5.73 Å². The highest BCUT2D eigenvalue weighted by molar-refractivity contribution is 4.77. The molecule has 0 amide bonds. The second kappa shape index (κ2) is 5.10. The van der Waals surface area contributed by atoms with Crippen LogP contribution in [0.1, 0.15) is 51.4 Å². The van der Waals surface area contributed by atoms with Crippen LogP contribution in [0.15, 0.2) is 0 Å². The van der Waals surface area contributed by atoms with Gasteiger partial charge in [0.2, 0.25) is 0 Å². The maximum atomic E-state index is 5.85. The molecule has 0 aromatic carbocycles. The van der Waals surface area contributed by atoms with Crippen molar-refractivity contribution in [2.75, 3.05) is 0 Å². The summed E-state index contributed by atoms with van der Waals surface area (Å²) in [4.78, 5) is 5.69.